The van der Waals surface area contributed by atoms with Crippen molar-refractivity contribution in [2.24, 2.45) is 5.92 Å². The molecule has 0 amide bonds. The van der Waals surface area contributed by atoms with Crippen LogP contribution >= 0.6 is 24.9 Å². The number of hydrogen-bond donors (Lipinski definition) is 0. The van der Waals surface area contributed by atoms with Crippen LogP contribution in [-0.4, -0.2) is 6.16 Å². The fourth-order valence-corrected chi connectivity index (χ4v) is 6.03. The SMILES string of the molecule is Br.Cc1cc(C)cc(P(CCC(C)C)c2cc(C)cc(C)c2)c1. The molecule has 0 saturated carbocycles. The van der Waals surface area contributed by atoms with Gasteiger partial charge in [0.1, 0.15) is 0 Å². The number of benzene rings is 2. The average molecular weight is 393 g/mol. The lowest BCUT2D eigenvalue weighted by Crippen LogP contribution is -2.16. The molecule has 0 aromatic heterocycles. The van der Waals surface area contributed by atoms with Crippen LogP contribution < -0.4 is 10.6 Å². The molecule has 0 spiro atoms. The molecule has 0 aliphatic rings. The van der Waals surface area contributed by atoms with E-state index in [0.717, 1.165) is 5.92 Å². The summed E-state index contributed by atoms with van der Waals surface area (Å²) in [4.78, 5) is 0. The Hall–Kier alpha value is -0.650. The standard InChI is InChI=1S/C21H29P.BrH/c1-15(2)7-8-22(20-11-16(3)9-17(4)12-20)21-13-18(5)10-19(6)14-21;/h9-15H,7-8H2,1-6H3;1H. The van der Waals surface area contributed by atoms with Crippen LogP contribution in [0.2, 0.25) is 0 Å². The Labute approximate surface area is 154 Å². The van der Waals surface area contributed by atoms with Gasteiger partial charge in [0.2, 0.25) is 0 Å². The van der Waals surface area contributed by atoms with Crippen molar-refractivity contribution >= 4 is 35.5 Å². The summed E-state index contributed by atoms with van der Waals surface area (Å²) in [5.41, 5.74) is 5.54. The van der Waals surface area contributed by atoms with Crippen LogP contribution in [0, 0.1) is 33.6 Å². The van der Waals surface area contributed by atoms with E-state index in [9.17, 15) is 0 Å². The van der Waals surface area contributed by atoms with Gasteiger partial charge in [0.15, 0.2) is 0 Å². The van der Waals surface area contributed by atoms with E-state index in [0.29, 0.717) is 0 Å². The Morgan fingerprint density at radius 2 is 1.04 bits per heavy atom. The van der Waals surface area contributed by atoms with Crippen LogP contribution in [0.15, 0.2) is 36.4 Å². The first-order valence-electron chi connectivity index (χ1n) is 8.29. The average Bonchev–Trinajstić information content (AvgIpc) is 2.36. The van der Waals surface area contributed by atoms with Gasteiger partial charge in [-0.1, -0.05) is 72.5 Å². The maximum Gasteiger partial charge on any atom is -0.0190 e. The van der Waals surface area contributed by atoms with Crippen molar-refractivity contribution in [3.63, 3.8) is 0 Å². The van der Waals surface area contributed by atoms with E-state index in [1.807, 2.05) is 0 Å². The van der Waals surface area contributed by atoms with Crippen LogP contribution in [0.5, 0.6) is 0 Å². The Morgan fingerprint density at radius 3 is 1.35 bits per heavy atom. The molecular weight excluding hydrogens is 363 g/mol. The predicted molar refractivity (Wildman–Crippen MR) is 113 cm³/mol. The molecule has 2 rings (SSSR count). The highest BCUT2D eigenvalue weighted by Gasteiger charge is 2.16. The second-order valence-corrected chi connectivity index (χ2v) is 9.36. The maximum absolute atomic E-state index is 2.40. The van der Waals surface area contributed by atoms with Gasteiger partial charge in [-0.15, -0.1) is 17.0 Å². The van der Waals surface area contributed by atoms with Crippen LogP contribution in [0.1, 0.15) is 42.5 Å². The largest absolute Gasteiger partial charge is 0.114 e. The summed E-state index contributed by atoms with van der Waals surface area (Å²) in [6.45, 7) is 13.5. The van der Waals surface area contributed by atoms with Crippen molar-refractivity contribution in [1.82, 2.24) is 0 Å². The van der Waals surface area contributed by atoms with Crippen LogP contribution in [0.3, 0.4) is 0 Å². The second kappa shape index (κ2) is 9.00. The van der Waals surface area contributed by atoms with E-state index in [4.69, 9.17) is 0 Å². The smallest absolute Gasteiger partial charge is 0.0190 e. The van der Waals surface area contributed by atoms with Gasteiger partial charge in [-0.25, -0.2) is 0 Å². The fourth-order valence-electron chi connectivity index (χ4n) is 3.01. The molecule has 2 heteroatoms. The van der Waals surface area contributed by atoms with Gasteiger partial charge in [-0.05, 0) is 64.7 Å². The number of rotatable bonds is 5. The van der Waals surface area contributed by atoms with Crippen LogP contribution in [0.25, 0.3) is 0 Å². The molecule has 0 fully saturated rings. The summed E-state index contributed by atoms with van der Waals surface area (Å²) in [5.74, 6) is 0.766. The summed E-state index contributed by atoms with van der Waals surface area (Å²) in [7, 11) is -0.248. The zero-order valence-corrected chi connectivity index (χ0v) is 17.9. The van der Waals surface area contributed by atoms with E-state index in [1.165, 1.54) is 45.4 Å². The molecule has 0 bridgehead atoms. The predicted octanol–water partition coefficient (Wildman–Crippen LogP) is 5.98. The Bertz CT molecular complexity index is 554. The topological polar surface area (TPSA) is 0 Å². The molecule has 0 aliphatic heterocycles. The molecule has 0 atom stereocenters. The molecule has 0 aliphatic carbocycles. The van der Waals surface area contributed by atoms with Crippen molar-refractivity contribution in [3.8, 4) is 0 Å². The normalized spacial score (nSPS) is 11.0. The van der Waals surface area contributed by atoms with Crippen molar-refractivity contribution in [2.45, 2.75) is 48.0 Å². The highest BCUT2D eigenvalue weighted by Crippen LogP contribution is 2.36. The Kier molecular flexibility index (Phi) is 7.98. The zero-order valence-electron chi connectivity index (χ0n) is 15.3. The van der Waals surface area contributed by atoms with Gasteiger partial charge in [-0.2, -0.15) is 0 Å². The Morgan fingerprint density at radius 1 is 0.696 bits per heavy atom. The fraction of sp³-hybridized carbons (Fsp3) is 0.429. The van der Waals surface area contributed by atoms with E-state index in [2.05, 4.69) is 77.9 Å². The second-order valence-electron chi connectivity index (χ2n) is 7.03. The maximum atomic E-state index is 2.40. The lowest BCUT2D eigenvalue weighted by atomic mass is 10.1. The first-order chi connectivity index (χ1) is 10.3. The number of aryl methyl sites for hydroxylation is 4. The summed E-state index contributed by atoms with van der Waals surface area (Å²) in [6, 6.07) is 14.2. The molecule has 126 valence electrons. The van der Waals surface area contributed by atoms with Crippen molar-refractivity contribution in [2.75, 3.05) is 6.16 Å². The molecule has 2 aromatic carbocycles. The first kappa shape index (κ1) is 20.4. The summed E-state index contributed by atoms with van der Waals surface area (Å²) in [6.07, 6.45) is 2.59. The lowest BCUT2D eigenvalue weighted by molar-refractivity contribution is 0.631. The van der Waals surface area contributed by atoms with Crippen molar-refractivity contribution in [3.05, 3.63) is 58.7 Å². The van der Waals surface area contributed by atoms with Gasteiger partial charge < -0.3 is 0 Å². The lowest BCUT2D eigenvalue weighted by Gasteiger charge is -2.22. The minimum atomic E-state index is -0.248. The van der Waals surface area contributed by atoms with Crippen molar-refractivity contribution < 1.29 is 0 Å². The number of hydrogen-bond acceptors (Lipinski definition) is 0. The molecule has 23 heavy (non-hydrogen) atoms. The molecule has 0 radical (unpaired) electrons. The monoisotopic (exact) mass is 392 g/mol. The third-order valence-corrected chi connectivity index (χ3v) is 6.43. The molecule has 0 nitrogen and oxygen atoms in total. The zero-order chi connectivity index (χ0) is 16.3. The van der Waals surface area contributed by atoms with E-state index >= 15 is 0 Å². The molecule has 0 N–H and O–H groups in total. The highest BCUT2D eigenvalue weighted by atomic mass is 79.9. The Balaban J connectivity index is 0.00000264. The van der Waals surface area contributed by atoms with E-state index in [-0.39, 0.29) is 24.9 Å². The first-order valence-corrected chi connectivity index (χ1v) is 9.82. The van der Waals surface area contributed by atoms with Gasteiger partial charge in [0.05, 0.1) is 0 Å². The van der Waals surface area contributed by atoms with Gasteiger partial charge >= 0.3 is 0 Å². The van der Waals surface area contributed by atoms with E-state index < -0.39 is 0 Å². The van der Waals surface area contributed by atoms with Gasteiger partial charge in [0.25, 0.3) is 0 Å². The number of halogens is 1. The minimum Gasteiger partial charge on any atom is -0.114 e. The minimum absolute atomic E-state index is 0. The highest BCUT2D eigenvalue weighted by molar-refractivity contribution is 8.93. The van der Waals surface area contributed by atoms with Gasteiger partial charge in [-0.3, -0.25) is 0 Å². The van der Waals surface area contributed by atoms with Gasteiger partial charge in [0, 0.05) is 0 Å². The van der Waals surface area contributed by atoms with Crippen molar-refractivity contribution in [1.29, 1.82) is 0 Å². The quantitative estimate of drug-likeness (QED) is 0.549. The molecule has 0 heterocycles. The third-order valence-electron chi connectivity index (χ3n) is 3.97. The summed E-state index contributed by atoms with van der Waals surface area (Å²) in [5, 5.41) is 3.08. The van der Waals surface area contributed by atoms with Crippen LogP contribution in [-0.2, 0) is 0 Å². The summed E-state index contributed by atoms with van der Waals surface area (Å²) < 4.78 is 0. The molecule has 0 saturated heterocycles. The van der Waals surface area contributed by atoms with E-state index in [1.54, 1.807) is 0 Å². The third kappa shape index (κ3) is 6.05. The van der Waals surface area contributed by atoms with Crippen LogP contribution in [0.4, 0.5) is 0 Å². The molecular formula is C21H30BrP. The molecule has 2 aromatic rings. The summed E-state index contributed by atoms with van der Waals surface area (Å²) >= 11 is 0. The molecule has 0 unspecified atom stereocenters.